The van der Waals surface area contributed by atoms with Crippen LogP contribution < -0.4 is 10.6 Å². The molecule has 0 spiro atoms. The molecule has 0 aromatic carbocycles. The Hall–Kier alpha value is -1.69. The Balaban J connectivity index is 2.64. The summed E-state index contributed by atoms with van der Waals surface area (Å²) in [5.74, 6) is 0.319. The Morgan fingerprint density at radius 1 is 1.41 bits per heavy atom. The molecule has 17 heavy (non-hydrogen) atoms. The Bertz CT molecular complexity index is 349. The quantitative estimate of drug-likeness (QED) is 0.668. The number of nitrogens with one attached hydrogen (secondary N) is 2. The zero-order chi connectivity index (χ0) is 12.7. The molecule has 0 aliphatic heterocycles. The highest BCUT2D eigenvalue weighted by Crippen LogP contribution is 2.05. The standard InChI is InChI=1S/C11H18N4O2/c1-3-8(7-16)13-10-6-5-9(14-15-10)11(17)12-4-2/h5-6,8,16H,3-4,7H2,1-2H3,(H,12,17)(H,13,15). The van der Waals surface area contributed by atoms with Gasteiger partial charge in [-0.2, -0.15) is 0 Å². The number of anilines is 1. The lowest BCUT2D eigenvalue weighted by molar-refractivity contribution is 0.0950. The molecule has 0 saturated heterocycles. The van der Waals surface area contributed by atoms with Crippen molar-refractivity contribution in [2.75, 3.05) is 18.5 Å². The summed E-state index contributed by atoms with van der Waals surface area (Å²) in [5, 5.41) is 22.4. The highest BCUT2D eigenvalue weighted by Gasteiger charge is 2.08. The van der Waals surface area contributed by atoms with Gasteiger partial charge in [-0.15, -0.1) is 10.2 Å². The fraction of sp³-hybridized carbons (Fsp3) is 0.545. The SMILES string of the molecule is CCNC(=O)c1ccc(NC(CC)CO)nn1. The predicted octanol–water partition coefficient (Wildman–Crippen LogP) is 0.409. The molecule has 94 valence electrons. The van der Waals surface area contributed by atoms with Crippen LogP contribution in [0.5, 0.6) is 0 Å². The van der Waals surface area contributed by atoms with E-state index < -0.39 is 0 Å². The third-order valence-electron chi connectivity index (χ3n) is 2.30. The molecule has 1 heterocycles. The van der Waals surface area contributed by atoms with Gasteiger partial charge in [0, 0.05) is 6.54 Å². The summed E-state index contributed by atoms with van der Waals surface area (Å²) < 4.78 is 0. The van der Waals surface area contributed by atoms with E-state index in [0.29, 0.717) is 12.4 Å². The molecule has 0 fully saturated rings. The van der Waals surface area contributed by atoms with Gasteiger partial charge in [-0.05, 0) is 25.5 Å². The predicted molar refractivity (Wildman–Crippen MR) is 64.8 cm³/mol. The highest BCUT2D eigenvalue weighted by molar-refractivity contribution is 5.92. The molecule has 0 bridgehead atoms. The molecule has 1 amide bonds. The molecule has 0 saturated carbocycles. The molecular formula is C11H18N4O2. The van der Waals surface area contributed by atoms with Crippen LogP contribution in [0.1, 0.15) is 30.8 Å². The van der Waals surface area contributed by atoms with Crippen molar-refractivity contribution in [1.82, 2.24) is 15.5 Å². The van der Waals surface area contributed by atoms with E-state index >= 15 is 0 Å². The van der Waals surface area contributed by atoms with Crippen LogP contribution in [0, 0.1) is 0 Å². The molecule has 0 aliphatic rings. The maximum absolute atomic E-state index is 11.4. The minimum atomic E-state index is -0.235. The van der Waals surface area contributed by atoms with E-state index in [9.17, 15) is 4.79 Å². The van der Waals surface area contributed by atoms with E-state index in [1.54, 1.807) is 12.1 Å². The number of rotatable bonds is 6. The second kappa shape index (κ2) is 6.80. The Labute approximate surface area is 100 Å². The molecule has 1 unspecified atom stereocenters. The van der Waals surface area contributed by atoms with Gasteiger partial charge >= 0.3 is 0 Å². The first-order valence-corrected chi connectivity index (χ1v) is 5.70. The van der Waals surface area contributed by atoms with Crippen LogP contribution in [-0.2, 0) is 0 Å². The van der Waals surface area contributed by atoms with E-state index in [-0.39, 0.29) is 24.2 Å². The van der Waals surface area contributed by atoms with E-state index in [4.69, 9.17) is 5.11 Å². The number of hydrogen-bond acceptors (Lipinski definition) is 5. The van der Waals surface area contributed by atoms with Gasteiger partial charge in [-0.25, -0.2) is 0 Å². The number of hydrogen-bond donors (Lipinski definition) is 3. The Morgan fingerprint density at radius 2 is 2.18 bits per heavy atom. The van der Waals surface area contributed by atoms with Crippen molar-refractivity contribution in [3.05, 3.63) is 17.8 Å². The van der Waals surface area contributed by atoms with Crippen molar-refractivity contribution in [1.29, 1.82) is 0 Å². The zero-order valence-corrected chi connectivity index (χ0v) is 10.1. The smallest absolute Gasteiger partial charge is 0.271 e. The van der Waals surface area contributed by atoms with E-state index in [0.717, 1.165) is 6.42 Å². The lowest BCUT2D eigenvalue weighted by atomic mass is 10.2. The summed E-state index contributed by atoms with van der Waals surface area (Å²) in [6, 6.07) is 3.24. The van der Waals surface area contributed by atoms with Crippen molar-refractivity contribution in [3.8, 4) is 0 Å². The van der Waals surface area contributed by atoms with Gasteiger partial charge in [-0.1, -0.05) is 6.92 Å². The number of amides is 1. The maximum atomic E-state index is 11.4. The zero-order valence-electron chi connectivity index (χ0n) is 10.1. The van der Waals surface area contributed by atoms with Crippen molar-refractivity contribution < 1.29 is 9.90 Å². The van der Waals surface area contributed by atoms with E-state index in [1.165, 1.54) is 0 Å². The number of nitrogens with zero attached hydrogens (tertiary/aromatic N) is 2. The molecular weight excluding hydrogens is 220 g/mol. The molecule has 1 atom stereocenters. The highest BCUT2D eigenvalue weighted by atomic mass is 16.3. The van der Waals surface area contributed by atoms with Gasteiger partial charge < -0.3 is 15.7 Å². The van der Waals surface area contributed by atoms with Gasteiger partial charge in [0.1, 0.15) is 5.82 Å². The van der Waals surface area contributed by atoms with Crippen molar-refractivity contribution in [3.63, 3.8) is 0 Å². The molecule has 6 heteroatoms. The summed E-state index contributed by atoms with van der Waals surface area (Å²) in [5.41, 5.74) is 0.287. The average molecular weight is 238 g/mol. The van der Waals surface area contributed by atoms with Crippen molar-refractivity contribution in [2.45, 2.75) is 26.3 Å². The molecule has 1 aromatic rings. The van der Waals surface area contributed by atoms with Crippen LogP contribution >= 0.6 is 0 Å². The maximum Gasteiger partial charge on any atom is 0.271 e. The molecule has 1 aromatic heterocycles. The number of carbonyl (C=O) groups is 1. The third-order valence-corrected chi connectivity index (χ3v) is 2.30. The van der Waals surface area contributed by atoms with Crippen molar-refractivity contribution >= 4 is 11.7 Å². The van der Waals surface area contributed by atoms with Crippen LogP contribution in [0.25, 0.3) is 0 Å². The van der Waals surface area contributed by atoms with Gasteiger partial charge in [-0.3, -0.25) is 4.79 Å². The minimum absolute atomic E-state index is 0.0379. The second-order valence-electron chi connectivity index (χ2n) is 3.60. The van der Waals surface area contributed by atoms with Crippen LogP contribution in [0.2, 0.25) is 0 Å². The minimum Gasteiger partial charge on any atom is -0.394 e. The summed E-state index contributed by atoms with van der Waals surface area (Å²) >= 11 is 0. The first-order chi connectivity index (χ1) is 8.21. The van der Waals surface area contributed by atoms with Crippen LogP contribution in [0.3, 0.4) is 0 Å². The summed E-state index contributed by atoms with van der Waals surface area (Å²) in [4.78, 5) is 11.4. The molecule has 6 nitrogen and oxygen atoms in total. The first kappa shape index (κ1) is 13.4. The average Bonchev–Trinajstić information content (AvgIpc) is 2.37. The van der Waals surface area contributed by atoms with Gasteiger partial charge in [0.15, 0.2) is 5.69 Å². The lowest BCUT2D eigenvalue weighted by Gasteiger charge is -2.13. The van der Waals surface area contributed by atoms with Crippen molar-refractivity contribution in [2.24, 2.45) is 0 Å². The fourth-order valence-corrected chi connectivity index (χ4v) is 1.27. The largest absolute Gasteiger partial charge is 0.394 e. The Morgan fingerprint density at radius 3 is 2.65 bits per heavy atom. The van der Waals surface area contributed by atoms with E-state index in [1.807, 2.05) is 13.8 Å². The third kappa shape index (κ3) is 3.99. The second-order valence-corrected chi connectivity index (χ2v) is 3.60. The molecule has 0 aliphatic carbocycles. The Kier molecular flexibility index (Phi) is 5.35. The summed E-state index contributed by atoms with van der Waals surface area (Å²) in [6.45, 7) is 4.40. The topological polar surface area (TPSA) is 87.1 Å². The van der Waals surface area contributed by atoms with Crippen LogP contribution in [0.4, 0.5) is 5.82 Å². The number of aliphatic hydroxyl groups excluding tert-OH is 1. The number of carbonyl (C=O) groups excluding carboxylic acids is 1. The summed E-state index contributed by atoms with van der Waals surface area (Å²) in [6.07, 6.45) is 0.788. The molecule has 3 N–H and O–H groups in total. The van der Waals surface area contributed by atoms with Gasteiger partial charge in [0.05, 0.1) is 12.6 Å². The lowest BCUT2D eigenvalue weighted by Crippen LogP contribution is -2.25. The van der Waals surface area contributed by atoms with Crippen LogP contribution in [0.15, 0.2) is 12.1 Å². The number of aliphatic hydroxyl groups is 1. The monoisotopic (exact) mass is 238 g/mol. The summed E-state index contributed by atoms with van der Waals surface area (Å²) in [7, 11) is 0. The van der Waals surface area contributed by atoms with E-state index in [2.05, 4.69) is 20.8 Å². The molecule has 1 rings (SSSR count). The van der Waals surface area contributed by atoms with Gasteiger partial charge in [0.2, 0.25) is 0 Å². The normalized spacial score (nSPS) is 11.9. The first-order valence-electron chi connectivity index (χ1n) is 5.70. The van der Waals surface area contributed by atoms with Gasteiger partial charge in [0.25, 0.3) is 5.91 Å². The molecule has 0 radical (unpaired) electrons. The number of aromatic nitrogens is 2. The fourth-order valence-electron chi connectivity index (χ4n) is 1.27. The van der Waals surface area contributed by atoms with Crippen LogP contribution in [-0.4, -0.2) is 40.4 Å².